The van der Waals surface area contributed by atoms with E-state index < -0.39 is 0 Å². The second-order valence-corrected chi connectivity index (χ2v) is 8.02. The van der Waals surface area contributed by atoms with Crippen LogP contribution in [0.15, 0.2) is 70.3 Å². The molecule has 4 aromatic rings. The number of nitrogens with zero attached hydrogens (tertiary/aromatic N) is 3. The van der Waals surface area contributed by atoms with Crippen molar-refractivity contribution in [1.29, 1.82) is 0 Å². The SMILES string of the molecule is CC(N)=O.Cc1noc2c1-c1ccc(-c3ccc(N)nc3)cc1C(c1ccc(Cl)cc1)=NC2. The fourth-order valence-electron chi connectivity index (χ4n) is 3.67. The van der Waals surface area contributed by atoms with Gasteiger partial charge in [0.25, 0.3) is 0 Å². The number of nitrogen functional groups attached to an aromatic ring is 1. The van der Waals surface area contributed by atoms with E-state index in [4.69, 9.17) is 26.9 Å². The number of aryl methyl sites for hydroxylation is 1. The van der Waals surface area contributed by atoms with E-state index in [0.29, 0.717) is 17.4 Å². The van der Waals surface area contributed by atoms with Crippen LogP contribution in [0.2, 0.25) is 5.02 Å². The fraction of sp³-hybridized carbons (Fsp3) is 0.120. The summed E-state index contributed by atoms with van der Waals surface area (Å²) >= 11 is 6.10. The monoisotopic (exact) mass is 459 g/mol. The Hall–Kier alpha value is -3.97. The number of primary amides is 1. The van der Waals surface area contributed by atoms with E-state index in [2.05, 4.69) is 34.1 Å². The molecule has 1 aliphatic heterocycles. The van der Waals surface area contributed by atoms with Crippen molar-refractivity contribution in [3.05, 3.63) is 88.4 Å². The summed E-state index contributed by atoms with van der Waals surface area (Å²) < 4.78 is 5.55. The van der Waals surface area contributed by atoms with E-state index in [1.54, 1.807) is 12.3 Å². The molecule has 8 heteroatoms. The molecule has 0 aliphatic carbocycles. The fourth-order valence-corrected chi connectivity index (χ4v) is 3.80. The number of nitrogens with two attached hydrogens (primary N) is 2. The number of benzene rings is 2. The number of rotatable bonds is 2. The lowest BCUT2D eigenvalue weighted by atomic mass is 9.90. The molecule has 0 fully saturated rings. The number of halogens is 1. The third kappa shape index (κ3) is 4.78. The van der Waals surface area contributed by atoms with Crippen LogP contribution in [0.4, 0.5) is 5.82 Å². The zero-order valence-electron chi connectivity index (χ0n) is 18.2. The molecule has 1 aliphatic rings. The molecule has 2 aromatic heterocycles. The van der Waals surface area contributed by atoms with E-state index in [-0.39, 0.29) is 5.91 Å². The summed E-state index contributed by atoms with van der Waals surface area (Å²) in [6.07, 6.45) is 1.78. The van der Waals surface area contributed by atoms with Gasteiger partial charge in [-0.1, -0.05) is 41.0 Å². The second kappa shape index (κ2) is 9.26. The van der Waals surface area contributed by atoms with Gasteiger partial charge in [-0.25, -0.2) is 4.98 Å². The van der Waals surface area contributed by atoms with E-state index in [0.717, 1.165) is 50.5 Å². The average Bonchev–Trinajstić information content (AvgIpc) is 3.06. The number of carbonyl (C=O) groups excluding carboxylic acids is 1. The van der Waals surface area contributed by atoms with Gasteiger partial charge in [-0.05, 0) is 48.4 Å². The van der Waals surface area contributed by atoms with Crippen molar-refractivity contribution < 1.29 is 9.32 Å². The quantitative estimate of drug-likeness (QED) is 0.446. The van der Waals surface area contributed by atoms with Crippen LogP contribution >= 0.6 is 11.6 Å². The summed E-state index contributed by atoms with van der Waals surface area (Å²) in [6.45, 7) is 3.69. The van der Waals surface area contributed by atoms with Gasteiger partial charge >= 0.3 is 0 Å². The summed E-state index contributed by atoms with van der Waals surface area (Å²) in [5, 5.41) is 4.84. The Morgan fingerprint density at radius 3 is 2.33 bits per heavy atom. The standard InChI is InChI=1S/C23H17ClN4O.C2H5NO/c1-13-22-18-8-4-15(16-5-9-21(25)26-11-16)10-19(18)23(27-12-20(22)29-28-13)14-2-6-17(24)7-3-14;1-2(3)4/h2-11H,12H2,1H3,(H2,25,26);1H3,(H2,3,4). The van der Waals surface area contributed by atoms with Crippen molar-refractivity contribution in [3.8, 4) is 22.3 Å². The first-order valence-electron chi connectivity index (χ1n) is 10.2. The van der Waals surface area contributed by atoms with Crippen LogP contribution in [0.3, 0.4) is 0 Å². The van der Waals surface area contributed by atoms with Crippen molar-refractivity contribution in [1.82, 2.24) is 10.1 Å². The summed E-state index contributed by atoms with van der Waals surface area (Å²) in [7, 11) is 0. The molecule has 2 aromatic carbocycles. The molecule has 1 amide bonds. The van der Waals surface area contributed by atoms with Gasteiger partial charge in [0.1, 0.15) is 12.4 Å². The smallest absolute Gasteiger partial charge is 0.214 e. The van der Waals surface area contributed by atoms with Gasteiger partial charge in [0.2, 0.25) is 5.91 Å². The molecule has 3 heterocycles. The Balaban J connectivity index is 0.000000601. The second-order valence-electron chi connectivity index (χ2n) is 7.58. The number of aliphatic imine (C=N–C) groups is 1. The summed E-state index contributed by atoms with van der Waals surface area (Å²) in [5.41, 5.74) is 18.1. The van der Waals surface area contributed by atoms with E-state index in [1.165, 1.54) is 6.92 Å². The maximum atomic E-state index is 9.22. The van der Waals surface area contributed by atoms with Crippen LogP contribution < -0.4 is 11.5 Å². The Morgan fingerprint density at radius 1 is 1.00 bits per heavy atom. The zero-order valence-corrected chi connectivity index (χ0v) is 18.9. The minimum atomic E-state index is -0.333. The van der Waals surface area contributed by atoms with Crippen LogP contribution in [0.5, 0.6) is 0 Å². The summed E-state index contributed by atoms with van der Waals surface area (Å²) in [5.74, 6) is 0.936. The minimum Gasteiger partial charge on any atom is -0.384 e. The normalized spacial score (nSPS) is 11.9. The molecule has 0 unspecified atom stereocenters. The molecular formula is C25H22ClN5O2. The maximum Gasteiger partial charge on any atom is 0.214 e. The number of hydrogen-bond acceptors (Lipinski definition) is 6. The maximum absolute atomic E-state index is 9.22. The first kappa shape index (κ1) is 22.2. The molecule has 0 spiro atoms. The lowest BCUT2D eigenvalue weighted by molar-refractivity contribution is -0.115. The van der Waals surface area contributed by atoms with Gasteiger partial charge in [0.05, 0.1) is 17.0 Å². The molecule has 5 rings (SSSR count). The van der Waals surface area contributed by atoms with Crippen LogP contribution in [0, 0.1) is 6.92 Å². The molecule has 0 saturated carbocycles. The largest absolute Gasteiger partial charge is 0.384 e. The van der Waals surface area contributed by atoms with E-state index in [1.807, 2.05) is 37.3 Å². The Morgan fingerprint density at radius 2 is 1.67 bits per heavy atom. The number of pyridine rings is 1. The predicted octanol–water partition coefficient (Wildman–Crippen LogP) is 4.79. The molecule has 7 nitrogen and oxygen atoms in total. The van der Waals surface area contributed by atoms with Gasteiger partial charge in [-0.15, -0.1) is 0 Å². The topological polar surface area (TPSA) is 120 Å². The van der Waals surface area contributed by atoms with Crippen molar-refractivity contribution in [2.45, 2.75) is 20.4 Å². The third-order valence-electron chi connectivity index (χ3n) is 5.10. The highest BCUT2D eigenvalue weighted by atomic mass is 35.5. The Bertz CT molecular complexity index is 1340. The van der Waals surface area contributed by atoms with Crippen LogP contribution in [0.1, 0.15) is 29.5 Å². The van der Waals surface area contributed by atoms with Gasteiger partial charge in [0, 0.05) is 34.8 Å². The zero-order chi connectivity index (χ0) is 23.5. The summed E-state index contributed by atoms with van der Waals surface area (Å²) in [6, 6.07) is 17.8. The van der Waals surface area contributed by atoms with Crippen molar-refractivity contribution in [3.63, 3.8) is 0 Å². The lowest BCUT2D eigenvalue weighted by Crippen LogP contribution is -2.05. The first-order valence-corrected chi connectivity index (χ1v) is 10.6. The minimum absolute atomic E-state index is 0.333. The number of anilines is 1. The number of aromatic nitrogens is 2. The van der Waals surface area contributed by atoms with Crippen molar-refractivity contribution >= 4 is 29.0 Å². The van der Waals surface area contributed by atoms with Gasteiger partial charge in [-0.2, -0.15) is 0 Å². The number of amides is 1. The van der Waals surface area contributed by atoms with Gasteiger partial charge in [0.15, 0.2) is 5.76 Å². The molecule has 0 saturated heterocycles. The van der Waals surface area contributed by atoms with Crippen molar-refractivity contribution in [2.75, 3.05) is 5.73 Å². The highest BCUT2D eigenvalue weighted by Gasteiger charge is 2.24. The van der Waals surface area contributed by atoms with Crippen LogP contribution in [-0.4, -0.2) is 21.8 Å². The highest BCUT2D eigenvalue weighted by Crippen LogP contribution is 2.37. The average molecular weight is 460 g/mol. The third-order valence-corrected chi connectivity index (χ3v) is 5.35. The van der Waals surface area contributed by atoms with Gasteiger partial charge in [-0.3, -0.25) is 9.79 Å². The molecule has 0 bridgehead atoms. The highest BCUT2D eigenvalue weighted by molar-refractivity contribution is 6.30. The number of carbonyl (C=O) groups is 1. The predicted molar refractivity (Wildman–Crippen MR) is 130 cm³/mol. The molecule has 4 N–H and O–H groups in total. The molecule has 33 heavy (non-hydrogen) atoms. The van der Waals surface area contributed by atoms with Crippen molar-refractivity contribution in [2.24, 2.45) is 10.7 Å². The molecule has 0 radical (unpaired) electrons. The number of fused-ring (bicyclic) bond motifs is 3. The van der Waals surface area contributed by atoms with Crippen LogP contribution in [-0.2, 0) is 11.3 Å². The molecule has 166 valence electrons. The van der Waals surface area contributed by atoms with E-state index in [9.17, 15) is 4.79 Å². The van der Waals surface area contributed by atoms with Gasteiger partial charge < -0.3 is 16.0 Å². The van der Waals surface area contributed by atoms with Crippen LogP contribution in [0.25, 0.3) is 22.3 Å². The molecule has 0 atom stereocenters. The Labute approximate surface area is 196 Å². The summed E-state index contributed by atoms with van der Waals surface area (Å²) in [4.78, 5) is 18.3. The molecular weight excluding hydrogens is 438 g/mol. The van der Waals surface area contributed by atoms with E-state index >= 15 is 0 Å². The number of hydrogen-bond donors (Lipinski definition) is 2. The Kier molecular flexibility index (Phi) is 6.24. The first-order chi connectivity index (χ1) is 15.8. The lowest BCUT2D eigenvalue weighted by Gasteiger charge is -2.13.